The fourth-order valence-electron chi connectivity index (χ4n) is 2.39. The van der Waals surface area contributed by atoms with Gasteiger partial charge in [0.25, 0.3) is 0 Å². The molecule has 5 heteroatoms. The molecule has 0 fully saturated rings. The predicted octanol–water partition coefficient (Wildman–Crippen LogP) is 3.05. The zero-order valence-corrected chi connectivity index (χ0v) is 11.7. The van der Waals surface area contributed by atoms with E-state index in [1.54, 1.807) is 16.8 Å². The lowest BCUT2D eigenvalue weighted by Gasteiger charge is -2.06. The van der Waals surface area contributed by atoms with E-state index in [1.165, 1.54) is 0 Å². The average molecular weight is 281 g/mol. The van der Waals surface area contributed by atoms with Crippen LogP contribution in [0.15, 0.2) is 42.6 Å². The highest BCUT2D eigenvalue weighted by Gasteiger charge is 2.15. The van der Waals surface area contributed by atoms with Gasteiger partial charge in [-0.05, 0) is 18.1 Å². The quantitative estimate of drug-likeness (QED) is 0.798. The van der Waals surface area contributed by atoms with Crippen molar-refractivity contribution in [3.8, 4) is 11.1 Å². The average Bonchev–Trinajstić information content (AvgIpc) is 2.92. The van der Waals surface area contributed by atoms with E-state index in [0.717, 1.165) is 29.7 Å². The normalized spacial score (nSPS) is 10.9. The summed E-state index contributed by atoms with van der Waals surface area (Å²) < 4.78 is 1.73. The molecule has 0 amide bonds. The third kappa shape index (κ3) is 2.38. The van der Waals surface area contributed by atoms with Crippen LogP contribution in [-0.2, 0) is 6.42 Å². The SMILES string of the molecule is CCCc1cc(C(=O)O)nc2c(-c3ccccc3)cnn12. The summed E-state index contributed by atoms with van der Waals surface area (Å²) in [7, 11) is 0. The number of hydrogen-bond acceptors (Lipinski definition) is 3. The Morgan fingerprint density at radius 3 is 2.71 bits per heavy atom. The number of fused-ring (bicyclic) bond motifs is 1. The molecule has 1 N–H and O–H groups in total. The fourth-order valence-corrected chi connectivity index (χ4v) is 2.39. The standard InChI is InChI=1S/C16H15N3O2/c1-2-6-12-9-14(16(20)21)18-15-13(10-17-19(12)15)11-7-4-3-5-8-11/h3-5,7-10H,2,6H2,1H3,(H,20,21). The maximum absolute atomic E-state index is 11.3. The molecule has 106 valence electrons. The van der Waals surface area contributed by atoms with Gasteiger partial charge < -0.3 is 5.11 Å². The van der Waals surface area contributed by atoms with E-state index < -0.39 is 5.97 Å². The first-order valence-electron chi connectivity index (χ1n) is 6.87. The van der Waals surface area contributed by atoms with Crippen molar-refractivity contribution >= 4 is 11.6 Å². The summed E-state index contributed by atoms with van der Waals surface area (Å²) in [6.45, 7) is 2.05. The fraction of sp³-hybridized carbons (Fsp3) is 0.188. The smallest absolute Gasteiger partial charge is 0.354 e. The van der Waals surface area contributed by atoms with Crippen molar-refractivity contribution in [1.82, 2.24) is 14.6 Å². The van der Waals surface area contributed by atoms with E-state index in [-0.39, 0.29) is 5.69 Å². The van der Waals surface area contributed by atoms with Gasteiger partial charge >= 0.3 is 5.97 Å². The van der Waals surface area contributed by atoms with Gasteiger partial charge in [0, 0.05) is 11.3 Å². The molecule has 0 aliphatic heterocycles. The molecule has 0 atom stereocenters. The summed E-state index contributed by atoms with van der Waals surface area (Å²) in [6.07, 6.45) is 3.41. The van der Waals surface area contributed by atoms with Gasteiger partial charge in [0.1, 0.15) is 0 Å². The van der Waals surface area contributed by atoms with Crippen LogP contribution in [0.3, 0.4) is 0 Å². The number of hydrogen-bond donors (Lipinski definition) is 1. The van der Waals surface area contributed by atoms with Crippen LogP contribution < -0.4 is 0 Å². The molecule has 2 heterocycles. The lowest BCUT2D eigenvalue weighted by atomic mass is 10.1. The van der Waals surface area contributed by atoms with Crippen LogP contribution in [0.4, 0.5) is 0 Å². The van der Waals surface area contributed by atoms with Crippen LogP contribution in [0.25, 0.3) is 16.8 Å². The minimum atomic E-state index is -1.02. The second-order valence-corrected chi connectivity index (χ2v) is 4.85. The molecule has 0 aliphatic carbocycles. The molecular weight excluding hydrogens is 266 g/mol. The molecule has 21 heavy (non-hydrogen) atoms. The molecule has 0 saturated heterocycles. The van der Waals surface area contributed by atoms with E-state index in [0.29, 0.717) is 5.65 Å². The van der Waals surface area contributed by atoms with Gasteiger partial charge in [-0.1, -0.05) is 43.7 Å². The minimum Gasteiger partial charge on any atom is -0.477 e. The van der Waals surface area contributed by atoms with Gasteiger partial charge in [0.2, 0.25) is 0 Å². The van der Waals surface area contributed by atoms with Gasteiger partial charge in [0.15, 0.2) is 11.3 Å². The second kappa shape index (κ2) is 5.36. The van der Waals surface area contributed by atoms with Crippen molar-refractivity contribution in [2.45, 2.75) is 19.8 Å². The van der Waals surface area contributed by atoms with Crippen molar-refractivity contribution in [1.29, 1.82) is 0 Å². The Labute approximate surface area is 121 Å². The number of aryl methyl sites for hydroxylation is 1. The molecule has 5 nitrogen and oxygen atoms in total. The Balaban J connectivity index is 2.26. The largest absolute Gasteiger partial charge is 0.477 e. The summed E-state index contributed by atoms with van der Waals surface area (Å²) in [5.41, 5.74) is 3.33. The number of aromatic carboxylic acids is 1. The predicted molar refractivity (Wildman–Crippen MR) is 79.4 cm³/mol. The lowest BCUT2D eigenvalue weighted by Crippen LogP contribution is -2.07. The summed E-state index contributed by atoms with van der Waals surface area (Å²) in [5.74, 6) is -1.02. The van der Waals surface area contributed by atoms with E-state index in [4.69, 9.17) is 0 Å². The Morgan fingerprint density at radius 2 is 2.05 bits per heavy atom. The first kappa shape index (κ1) is 13.3. The van der Waals surface area contributed by atoms with E-state index in [1.807, 2.05) is 37.3 Å². The van der Waals surface area contributed by atoms with Crippen LogP contribution in [0.2, 0.25) is 0 Å². The number of carboxylic acids is 1. The first-order valence-corrected chi connectivity index (χ1v) is 6.87. The third-order valence-corrected chi connectivity index (χ3v) is 3.36. The number of carboxylic acid groups (broad SMARTS) is 1. The number of nitrogens with zero attached hydrogens (tertiary/aromatic N) is 3. The number of carbonyl (C=O) groups is 1. The third-order valence-electron chi connectivity index (χ3n) is 3.36. The molecule has 2 aromatic heterocycles. The van der Waals surface area contributed by atoms with Gasteiger partial charge in [-0.2, -0.15) is 5.10 Å². The van der Waals surface area contributed by atoms with Gasteiger partial charge in [-0.15, -0.1) is 0 Å². The summed E-state index contributed by atoms with van der Waals surface area (Å²) in [4.78, 5) is 15.5. The monoisotopic (exact) mass is 281 g/mol. The molecule has 3 rings (SSSR count). The molecule has 0 bridgehead atoms. The Morgan fingerprint density at radius 1 is 1.29 bits per heavy atom. The van der Waals surface area contributed by atoms with E-state index in [2.05, 4.69) is 10.1 Å². The van der Waals surface area contributed by atoms with E-state index in [9.17, 15) is 9.90 Å². The Kier molecular flexibility index (Phi) is 3.39. The van der Waals surface area contributed by atoms with E-state index >= 15 is 0 Å². The van der Waals surface area contributed by atoms with Crippen molar-refractivity contribution < 1.29 is 9.90 Å². The summed E-state index contributed by atoms with van der Waals surface area (Å²) in [5, 5.41) is 13.6. The number of aromatic nitrogens is 3. The van der Waals surface area contributed by atoms with Gasteiger partial charge in [-0.25, -0.2) is 14.3 Å². The zero-order valence-electron chi connectivity index (χ0n) is 11.7. The van der Waals surface area contributed by atoms with Gasteiger partial charge in [0.05, 0.1) is 6.20 Å². The van der Waals surface area contributed by atoms with Crippen LogP contribution in [0.5, 0.6) is 0 Å². The van der Waals surface area contributed by atoms with Crippen molar-refractivity contribution in [2.75, 3.05) is 0 Å². The molecule has 0 spiro atoms. The summed E-state index contributed by atoms with van der Waals surface area (Å²) >= 11 is 0. The molecule has 0 radical (unpaired) electrons. The highest BCUT2D eigenvalue weighted by atomic mass is 16.4. The molecular formula is C16H15N3O2. The molecule has 0 aliphatic rings. The second-order valence-electron chi connectivity index (χ2n) is 4.85. The topological polar surface area (TPSA) is 67.5 Å². The van der Waals surface area contributed by atoms with Crippen molar-refractivity contribution in [3.63, 3.8) is 0 Å². The molecule has 0 unspecified atom stereocenters. The minimum absolute atomic E-state index is 0.0589. The maximum Gasteiger partial charge on any atom is 0.354 e. The molecule has 1 aromatic carbocycles. The Bertz CT molecular complexity index is 794. The summed E-state index contributed by atoms with van der Waals surface area (Å²) in [6, 6.07) is 11.3. The van der Waals surface area contributed by atoms with Crippen LogP contribution in [-0.4, -0.2) is 25.7 Å². The van der Waals surface area contributed by atoms with Crippen molar-refractivity contribution in [2.24, 2.45) is 0 Å². The maximum atomic E-state index is 11.3. The first-order chi connectivity index (χ1) is 10.2. The number of rotatable bonds is 4. The molecule has 3 aromatic rings. The van der Waals surface area contributed by atoms with Crippen LogP contribution in [0.1, 0.15) is 29.5 Å². The number of benzene rings is 1. The van der Waals surface area contributed by atoms with Crippen LogP contribution in [0, 0.1) is 0 Å². The lowest BCUT2D eigenvalue weighted by molar-refractivity contribution is 0.0690. The highest BCUT2D eigenvalue weighted by molar-refractivity contribution is 5.87. The highest BCUT2D eigenvalue weighted by Crippen LogP contribution is 2.24. The Hall–Kier alpha value is -2.69. The molecule has 0 saturated carbocycles. The van der Waals surface area contributed by atoms with Crippen molar-refractivity contribution in [3.05, 3.63) is 54.0 Å². The van der Waals surface area contributed by atoms with Crippen LogP contribution >= 0.6 is 0 Å². The van der Waals surface area contributed by atoms with Gasteiger partial charge in [-0.3, -0.25) is 0 Å². The zero-order chi connectivity index (χ0) is 14.8.